The van der Waals surface area contributed by atoms with Crippen molar-refractivity contribution >= 4 is 16.7 Å². The Hall–Kier alpha value is -2.76. The number of anilines is 1. The van der Waals surface area contributed by atoms with Crippen LogP contribution < -0.4 is 15.2 Å². The third kappa shape index (κ3) is 2.99. The van der Waals surface area contributed by atoms with E-state index < -0.39 is 0 Å². The molecule has 1 saturated heterocycles. The number of ether oxygens (including phenoxy) is 1. The van der Waals surface area contributed by atoms with Crippen LogP contribution in [-0.2, 0) is 14.1 Å². The van der Waals surface area contributed by atoms with Crippen molar-refractivity contribution in [3.63, 3.8) is 0 Å². The first-order valence-electron chi connectivity index (χ1n) is 8.60. The van der Waals surface area contributed by atoms with Crippen molar-refractivity contribution in [2.75, 3.05) is 18.0 Å². The number of nitrogens with zero attached hydrogens (tertiary/aromatic N) is 4. The maximum Gasteiger partial charge on any atom is 0.255 e. The fourth-order valence-electron chi connectivity index (χ4n) is 3.38. The summed E-state index contributed by atoms with van der Waals surface area (Å²) in [7, 11) is 3.76. The van der Waals surface area contributed by atoms with Crippen molar-refractivity contribution < 1.29 is 4.74 Å². The van der Waals surface area contributed by atoms with Gasteiger partial charge in [0.2, 0.25) is 0 Å². The first-order chi connectivity index (χ1) is 12.1. The van der Waals surface area contributed by atoms with Crippen molar-refractivity contribution in [3.05, 3.63) is 53.2 Å². The molecule has 3 aromatic rings. The second kappa shape index (κ2) is 6.27. The summed E-state index contributed by atoms with van der Waals surface area (Å²) in [6.45, 7) is 1.69. The highest BCUT2D eigenvalue weighted by Crippen LogP contribution is 2.29. The smallest absolute Gasteiger partial charge is 0.255 e. The van der Waals surface area contributed by atoms with Crippen LogP contribution in [0.3, 0.4) is 0 Å². The summed E-state index contributed by atoms with van der Waals surface area (Å²) in [6.07, 6.45) is 5.66. The lowest BCUT2D eigenvalue weighted by molar-refractivity contribution is 0.173. The second-order valence-corrected chi connectivity index (χ2v) is 6.62. The molecule has 3 heterocycles. The average Bonchev–Trinajstić information content (AvgIpc) is 3.01. The van der Waals surface area contributed by atoms with E-state index in [1.54, 1.807) is 19.4 Å². The Morgan fingerprint density at radius 3 is 2.68 bits per heavy atom. The lowest BCUT2D eigenvalue weighted by Gasteiger charge is -2.33. The van der Waals surface area contributed by atoms with Gasteiger partial charge in [-0.25, -0.2) is 4.98 Å². The largest absolute Gasteiger partial charge is 0.490 e. The van der Waals surface area contributed by atoms with Gasteiger partial charge in [0.1, 0.15) is 17.7 Å². The van der Waals surface area contributed by atoms with Gasteiger partial charge in [-0.15, -0.1) is 0 Å². The molecule has 0 saturated carbocycles. The molecule has 1 aliphatic heterocycles. The highest BCUT2D eigenvalue weighted by Gasteiger charge is 2.22. The van der Waals surface area contributed by atoms with E-state index in [0.29, 0.717) is 0 Å². The maximum atomic E-state index is 11.8. The molecule has 0 atom stereocenters. The van der Waals surface area contributed by atoms with Gasteiger partial charge in [-0.2, -0.15) is 0 Å². The molecule has 25 heavy (non-hydrogen) atoms. The van der Waals surface area contributed by atoms with Crippen LogP contribution in [0, 0.1) is 0 Å². The molecule has 0 unspecified atom stereocenters. The Labute approximate surface area is 146 Å². The number of hydrogen-bond donors (Lipinski definition) is 0. The number of rotatable bonds is 3. The predicted octanol–water partition coefficient (Wildman–Crippen LogP) is 2.32. The summed E-state index contributed by atoms with van der Waals surface area (Å²) in [6, 6.07) is 9.88. The first kappa shape index (κ1) is 15.7. The van der Waals surface area contributed by atoms with Crippen LogP contribution in [0.25, 0.3) is 10.9 Å². The Morgan fingerprint density at radius 2 is 1.92 bits per heavy atom. The van der Waals surface area contributed by atoms with Crippen molar-refractivity contribution in [2.45, 2.75) is 18.9 Å². The zero-order valence-electron chi connectivity index (χ0n) is 14.6. The number of benzene rings is 1. The summed E-state index contributed by atoms with van der Waals surface area (Å²) in [5.74, 6) is 1.70. The van der Waals surface area contributed by atoms with E-state index in [2.05, 4.69) is 32.8 Å². The molecule has 4 rings (SSSR count). The molecule has 6 heteroatoms. The van der Waals surface area contributed by atoms with E-state index in [4.69, 9.17) is 4.74 Å². The van der Waals surface area contributed by atoms with E-state index >= 15 is 0 Å². The highest BCUT2D eigenvalue weighted by atomic mass is 16.5. The summed E-state index contributed by atoms with van der Waals surface area (Å²) in [4.78, 5) is 18.3. The molecule has 0 N–H and O–H groups in total. The van der Waals surface area contributed by atoms with Crippen LogP contribution in [0.1, 0.15) is 12.8 Å². The molecule has 1 aromatic carbocycles. The number of aryl methyl sites for hydroxylation is 2. The molecular weight excluding hydrogens is 316 g/mol. The molecule has 130 valence electrons. The quantitative estimate of drug-likeness (QED) is 0.735. The zero-order valence-corrected chi connectivity index (χ0v) is 14.6. The van der Waals surface area contributed by atoms with Gasteiger partial charge in [0.25, 0.3) is 5.56 Å². The first-order valence-corrected chi connectivity index (χ1v) is 8.60. The predicted molar refractivity (Wildman–Crippen MR) is 98.3 cm³/mol. The van der Waals surface area contributed by atoms with Gasteiger partial charge in [0.05, 0.1) is 11.8 Å². The Kier molecular flexibility index (Phi) is 3.95. The monoisotopic (exact) mass is 338 g/mol. The van der Waals surface area contributed by atoms with Crippen LogP contribution in [0.5, 0.6) is 5.75 Å². The highest BCUT2D eigenvalue weighted by molar-refractivity contribution is 5.86. The van der Waals surface area contributed by atoms with Gasteiger partial charge < -0.3 is 18.8 Å². The molecule has 0 spiro atoms. The van der Waals surface area contributed by atoms with Crippen molar-refractivity contribution in [2.24, 2.45) is 14.1 Å². The van der Waals surface area contributed by atoms with E-state index in [-0.39, 0.29) is 11.7 Å². The lowest BCUT2D eigenvalue weighted by atomic mass is 10.1. The molecule has 1 fully saturated rings. The van der Waals surface area contributed by atoms with Gasteiger partial charge in [0.15, 0.2) is 0 Å². The third-order valence-corrected chi connectivity index (χ3v) is 4.91. The van der Waals surface area contributed by atoms with Crippen molar-refractivity contribution in [1.82, 2.24) is 14.1 Å². The third-order valence-electron chi connectivity index (χ3n) is 4.91. The molecule has 0 aliphatic carbocycles. The molecule has 0 amide bonds. The second-order valence-electron chi connectivity index (χ2n) is 6.62. The lowest BCUT2D eigenvalue weighted by Crippen LogP contribution is -2.39. The van der Waals surface area contributed by atoms with Crippen molar-refractivity contribution in [1.29, 1.82) is 0 Å². The molecule has 0 bridgehead atoms. The minimum atomic E-state index is -0.0286. The van der Waals surface area contributed by atoms with Gasteiger partial charge in [-0.1, -0.05) is 6.07 Å². The molecule has 0 radical (unpaired) electrons. The Morgan fingerprint density at radius 1 is 1.12 bits per heavy atom. The van der Waals surface area contributed by atoms with Crippen LogP contribution >= 0.6 is 0 Å². The Bertz CT molecular complexity index is 951. The minimum Gasteiger partial charge on any atom is -0.490 e. The molecule has 6 nitrogen and oxygen atoms in total. The number of hydrogen-bond acceptors (Lipinski definition) is 4. The van der Waals surface area contributed by atoms with Gasteiger partial charge >= 0.3 is 0 Å². The van der Waals surface area contributed by atoms with Gasteiger partial charge in [-0.3, -0.25) is 4.79 Å². The number of piperidine rings is 1. The van der Waals surface area contributed by atoms with Crippen LogP contribution in [0.4, 0.5) is 5.82 Å². The maximum absolute atomic E-state index is 11.8. The van der Waals surface area contributed by atoms with Crippen LogP contribution in [0.15, 0.2) is 47.7 Å². The molecular formula is C19H22N4O2. The normalized spacial score (nSPS) is 15.7. The molecule has 1 aliphatic rings. The molecule has 2 aromatic heterocycles. The summed E-state index contributed by atoms with van der Waals surface area (Å²) >= 11 is 0. The number of fused-ring (bicyclic) bond motifs is 1. The van der Waals surface area contributed by atoms with Crippen molar-refractivity contribution in [3.8, 4) is 5.75 Å². The topological polar surface area (TPSA) is 52.3 Å². The van der Waals surface area contributed by atoms with Gasteiger partial charge in [0, 0.05) is 57.7 Å². The average molecular weight is 338 g/mol. The summed E-state index contributed by atoms with van der Waals surface area (Å²) < 4.78 is 9.87. The fourth-order valence-corrected chi connectivity index (χ4v) is 3.38. The number of aromatic nitrogens is 3. The van der Waals surface area contributed by atoms with E-state index in [1.165, 1.54) is 10.1 Å². The minimum absolute atomic E-state index is 0.0286. The van der Waals surface area contributed by atoms with Gasteiger partial charge in [-0.05, 0) is 18.2 Å². The standard InChI is InChI=1S/C19H22N4O2/c1-21-9-8-15-16(21)4-3-5-17(15)25-14-6-10-23(11-7-14)18-12-19(24)22(2)13-20-18/h3-5,8-9,12-14H,6-7,10-11H2,1-2H3. The fraction of sp³-hybridized carbons (Fsp3) is 0.368. The zero-order chi connectivity index (χ0) is 17.4. The SMILES string of the molecule is Cn1cnc(N2CCC(Oc3cccc4c3ccn4C)CC2)cc1=O. The van der Waals surface area contributed by atoms with Crippen LogP contribution in [0.2, 0.25) is 0 Å². The van der Waals surface area contributed by atoms with E-state index in [9.17, 15) is 4.79 Å². The van der Waals surface area contributed by atoms with E-state index in [0.717, 1.165) is 42.9 Å². The summed E-state index contributed by atoms with van der Waals surface area (Å²) in [5, 5.41) is 1.15. The van der Waals surface area contributed by atoms with E-state index in [1.807, 2.05) is 19.2 Å². The van der Waals surface area contributed by atoms with Crippen LogP contribution in [-0.4, -0.2) is 33.3 Å². The summed E-state index contributed by atoms with van der Waals surface area (Å²) in [5.41, 5.74) is 1.15. The Balaban J connectivity index is 1.45.